The molecule has 1 saturated heterocycles. The lowest BCUT2D eigenvalue weighted by Crippen LogP contribution is -2.42. The molecule has 0 aromatic carbocycles. The number of anilines is 1. The maximum Gasteiger partial charge on any atom is 0.255 e. The van der Waals surface area contributed by atoms with Crippen LogP contribution in [0.15, 0.2) is 17.1 Å². The lowest BCUT2D eigenvalue weighted by molar-refractivity contribution is 0.0555. The highest BCUT2D eigenvalue weighted by Crippen LogP contribution is 2.32. The number of hydrogen-bond acceptors (Lipinski definition) is 7. The largest absolute Gasteiger partial charge is 0.393 e. The van der Waals surface area contributed by atoms with Crippen LogP contribution in [0.2, 0.25) is 0 Å². The van der Waals surface area contributed by atoms with Crippen molar-refractivity contribution in [2.45, 2.75) is 63.3 Å². The van der Waals surface area contributed by atoms with Gasteiger partial charge in [0.2, 0.25) is 16.0 Å². The fraction of sp³-hybridized carbons (Fsp3) is 0.650. The zero-order chi connectivity index (χ0) is 28.3. The van der Waals surface area contributed by atoms with Crippen LogP contribution >= 0.6 is 0 Å². The van der Waals surface area contributed by atoms with Crippen molar-refractivity contribution >= 4 is 27.0 Å². The number of rotatable bonds is 4. The Morgan fingerprint density at radius 1 is 1.32 bits per heavy atom. The van der Waals surface area contributed by atoms with Gasteiger partial charge < -0.3 is 10.4 Å². The van der Waals surface area contributed by atoms with Gasteiger partial charge in [0.1, 0.15) is 11.8 Å². The summed E-state index contributed by atoms with van der Waals surface area (Å²) in [5.74, 6) is -0.138. The molecule has 0 amide bonds. The van der Waals surface area contributed by atoms with Crippen LogP contribution in [0, 0.1) is 6.85 Å². The predicted octanol–water partition coefficient (Wildman–Crippen LogP) is 1.36. The van der Waals surface area contributed by atoms with Gasteiger partial charge >= 0.3 is 0 Å². The highest BCUT2D eigenvalue weighted by molar-refractivity contribution is 7.88. The second kappa shape index (κ2) is 8.44. The standard InChI is InChI=1S/C20H28FN5O4S/c1-12-9-13-11-22-20(23-14-5-7-25(8-6-14)31(2,29)30)24-18(13)26(19(12)28)17-10-15(27)3-4-16(17)21/h9,11,14-17,27H,3-8,10H2,1-2H3,(H,22,23,24)/t15-,16+,17+/m1/s1/i1D3,2D3,14D. The number of nitrogens with zero attached hydrogens (tertiary/aromatic N) is 4. The van der Waals surface area contributed by atoms with Crippen LogP contribution < -0.4 is 10.9 Å². The minimum Gasteiger partial charge on any atom is -0.393 e. The number of alkyl halides is 1. The maximum atomic E-state index is 15.0. The summed E-state index contributed by atoms with van der Waals surface area (Å²) in [7, 11) is -4.55. The summed E-state index contributed by atoms with van der Waals surface area (Å²) in [5, 5.41) is 13.1. The zero-order valence-corrected chi connectivity index (χ0v) is 17.4. The van der Waals surface area contributed by atoms with E-state index in [0.717, 1.165) is 14.9 Å². The zero-order valence-electron chi connectivity index (χ0n) is 23.6. The molecule has 2 fully saturated rings. The topological polar surface area (TPSA) is 117 Å². The Bertz CT molecular complexity index is 1380. The van der Waals surface area contributed by atoms with Crippen LogP contribution in [0.3, 0.4) is 0 Å². The fourth-order valence-electron chi connectivity index (χ4n) is 4.12. The number of halogens is 1. The summed E-state index contributed by atoms with van der Waals surface area (Å²) in [4.78, 5) is 21.7. The summed E-state index contributed by atoms with van der Waals surface area (Å²) < 4.78 is 94.9. The Hall–Kier alpha value is -2.11. The van der Waals surface area contributed by atoms with Crippen molar-refractivity contribution in [2.24, 2.45) is 0 Å². The molecule has 0 unspecified atom stereocenters. The van der Waals surface area contributed by atoms with E-state index in [1.54, 1.807) is 0 Å². The van der Waals surface area contributed by atoms with Crippen molar-refractivity contribution in [3.8, 4) is 0 Å². The lowest BCUT2D eigenvalue weighted by atomic mass is 9.90. The molecule has 2 aliphatic rings. The molecule has 2 aromatic heterocycles. The second-order valence-corrected chi connectivity index (χ2v) is 9.36. The quantitative estimate of drug-likeness (QED) is 0.707. The predicted molar refractivity (Wildman–Crippen MR) is 115 cm³/mol. The minimum absolute atomic E-state index is 0.0283. The van der Waals surface area contributed by atoms with Crippen LogP contribution in [0.1, 0.15) is 53.3 Å². The van der Waals surface area contributed by atoms with Crippen LogP contribution in [-0.2, 0) is 10.0 Å². The Balaban J connectivity index is 1.70. The van der Waals surface area contributed by atoms with Gasteiger partial charge in [0, 0.05) is 44.5 Å². The number of pyridine rings is 1. The smallest absolute Gasteiger partial charge is 0.255 e. The first-order valence-corrected chi connectivity index (χ1v) is 11.4. The molecule has 1 aliphatic heterocycles. The van der Waals surface area contributed by atoms with Gasteiger partial charge in [-0.3, -0.25) is 9.36 Å². The van der Waals surface area contributed by atoms with Crippen molar-refractivity contribution in [3.05, 3.63) is 28.2 Å². The Kier molecular flexibility index (Phi) is 4.04. The third-order valence-corrected chi connectivity index (χ3v) is 6.81. The van der Waals surface area contributed by atoms with Crippen molar-refractivity contribution in [1.82, 2.24) is 18.8 Å². The molecule has 9 nitrogen and oxygen atoms in total. The third-order valence-electron chi connectivity index (χ3n) is 5.77. The van der Waals surface area contributed by atoms with Gasteiger partial charge in [-0.1, -0.05) is 0 Å². The Morgan fingerprint density at radius 2 is 2.10 bits per heavy atom. The maximum absolute atomic E-state index is 15.0. The van der Waals surface area contributed by atoms with Crippen LogP contribution in [0.5, 0.6) is 0 Å². The summed E-state index contributed by atoms with van der Waals surface area (Å²) in [6, 6.07) is -1.54. The molecule has 0 bridgehead atoms. The highest BCUT2D eigenvalue weighted by Gasteiger charge is 2.33. The number of aromatic nitrogens is 3. The number of aliphatic hydroxyl groups excluding tert-OH is 1. The molecule has 3 heterocycles. The highest BCUT2D eigenvalue weighted by atomic mass is 32.2. The van der Waals surface area contributed by atoms with E-state index < -0.39 is 58.5 Å². The van der Waals surface area contributed by atoms with Crippen LogP contribution in [0.4, 0.5) is 10.3 Å². The molecule has 2 aromatic rings. The van der Waals surface area contributed by atoms with Crippen LogP contribution in [0.25, 0.3) is 11.0 Å². The summed E-state index contributed by atoms with van der Waals surface area (Å²) >= 11 is 0. The molecule has 0 spiro atoms. The summed E-state index contributed by atoms with van der Waals surface area (Å²) in [6.45, 7) is -3.26. The monoisotopic (exact) mass is 460 g/mol. The molecule has 31 heavy (non-hydrogen) atoms. The molecule has 170 valence electrons. The average molecular weight is 461 g/mol. The Morgan fingerprint density at radius 3 is 2.81 bits per heavy atom. The first-order valence-electron chi connectivity index (χ1n) is 13.5. The van der Waals surface area contributed by atoms with Gasteiger partial charge in [-0.05, 0) is 45.0 Å². The molecule has 1 aliphatic carbocycles. The number of nitrogens with one attached hydrogen (secondary N) is 1. The number of aliphatic hydroxyl groups is 1. The number of fused-ring (bicyclic) bond motifs is 1. The molecule has 4 rings (SSSR count). The van der Waals surface area contributed by atoms with Gasteiger partial charge in [0.05, 0.1) is 19.7 Å². The van der Waals surface area contributed by atoms with Crippen LogP contribution in [-0.4, -0.2) is 69.9 Å². The molecule has 2 N–H and O–H groups in total. The van der Waals surface area contributed by atoms with E-state index in [9.17, 15) is 18.3 Å². The van der Waals surface area contributed by atoms with E-state index in [4.69, 9.17) is 9.60 Å². The fourth-order valence-corrected chi connectivity index (χ4v) is 4.79. The SMILES string of the molecule is [2H]C1(Nc2ncc3cc(C([2H])([2H])[2H])c(=O)n([C@H]4C[C@H](O)CC[C@@H]4F)c3n2)CCN(S(=O)(=O)C([2H])([2H])[2H])CC1. The van der Waals surface area contributed by atoms with E-state index in [0.29, 0.717) is 0 Å². The molecular formula is C20H28FN5O4S. The van der Waals surface area contributed by atoms with Crippen molar-refractivity contribution in [2.75, 3.05) is 24.6 Å². The van der Waals surface area contributed by atoms with E-state index in [-0.39, 0.29) is 62.2 Å². The number of piperidine rings is 1. The van der Waals surface area contributed by atoms with Crippen molar-refractivity contribution < 1.29 is 27.5 Å². The van der Waals surface area contributed by atoms with E-state index >= 15 is 4.39 Å². The molecule has 1 saturated carbocycles. The molecule has 3 atom stereocenters. The third kappa shape index (κ3) is 4.58. The van der Waals surface area contributed by atoms with Gasteiger partial charge in [-0.25, -0.2) is 22.1 Å². The lowest BCUT2D eigenvalue weighted by Gasteiger charge is -2.32. The first kappa shape index (κ1) is 14.9. The molecule has 11 heteroatoms. The Labute approximate surface area is 190 Å². The summed E-state index contributed by atoms with van der Waals surface area (Å²) in [5.41, 5.74) is -1.58. The number of hydrogen-bond donors (Lipinski definition) is 2. The second-order valence-electron chi connectivity index (χ2n) is 7.89. The van der Waals surface area contributed by atoms with E-state index in [1.807, 2.05) is 0 Å². The number of sulfonamides is 1. The number of aryl methyl sites for hydroxylation is 1. The summed E-state index contributed by atoms with van der Waals surface area (Å²) in [6.07, 6.45) is -4.57. The molecule has 0 radical (unpaired) electrons. The first-order chi connectivity index (χ1) is 17.4. The average Bonchev–Trinajstić information content (AvgIpc) is 2.79. The van der Waals surface area contributed by atoms with Crippen molar-refractivity contribution in [3.63, 3.8) is 0 Å². The molecular weight excluding hydrogens is 425 g/mol. The van der Waals surface area contributed by atoms with Gasteiger partial charge in [-0.15, -0.1) is 0 Å². The van der Waals surface area contributed by atoms with Gasteiger partial charge in [0.25, 0.3) is 5.56 Å². The van der Waals surface area contributed by atoms with E-state index in [1.165, 1.54) is 6.20 Å². The minimum atomic E-state index is -4.55. The van der Waals surface area contributed by atoms with Crippen molar-refractivity contribution in [1.29, 1.82) is 0 Å². The van der Waals surface area contributed by atoms with Gasteiger partial charge in [-0.2, -0.15) is 4.98 Å². The van der Waals surface area contributed by atoms with E-state index in [2.05, 4.69) is 15.3 Å². The normalized spacial score (nSPS) is 31.4. The van der Waals surface area contributed by atoms with Gasteiger partial charge in [0.15, 0.2) is 0 Å².